The second kappa shape index (κ2) is 7.19. The first-order valence-corrected chi connectivity index (χ1v) is 8.64. The van der Waals surface area contributed by atoms with Crippen molar-refractivity contribution in [3.8, 4) is 11.4 Å². The van der Waals surface area contributed by atoms with Gasteiger partial charge in [0.05, 0.1) is 36.6 Å². The summed E-state index contributed by atoms with van der Waals surface area (Å²) in [6.07, 6.45) is 3.47. The molecule has 0 radical (unpaired) electrons. The smallest absolute Gasteiger partial charge is 0.234 e. The number of hydrogen-bond donors (Lipinski definition) is 4. The Morgan fingerprint density at radius 3 is 1.69 bits per heavy atom. The fraction of sp³-hybridized carbons (Fsp3) is 0.333. The van der Waals surface area contributed by atoms with Crippen molar-refractivity contribution in [2.75, 3.05) is 26.2 Å². The molecule has 1 saturated heterocycles. The maximum absolute atomic E-state index is 12.1. The number of nitrogens with one attached hydrogen (secondary N) is 4. The molecule has 8 nitrogen and oxygen atoms in total. The van der Waals surface area contributed by atoms with Gasteiger partial charge in [-0.3, -0.25) is 30.2 Å². The number of carbonyl (C=O) groups is 2. The Bertz CT molecular complexity index is 770. The summed E-state index contributed by atoms with van der Waals surface area (Å²) >= 11 is 0. The molecule has 0 spiro atoms. The van der Waals surface area contributed by atoms with E-state index in [2.05, 4.69) is 31.2 Å². The van der Waals surface area contributed by atoms with Gasteiger partial charge in [0.25, 0.3) is 0 Å². The molecule has 26 heavy (non-hydrogen) atoms. The third kappa shape index (κ3) is 3.16. The standard InChI is InChI=1S/C18H20N6O2/c25-13-9-23-17-11-3-1-5-21-15(11)16-12(4-2-6-22-16)18(17)24-10-14(26)20-8-7-19-13/h1-6,17-18,23-24H,7-10H2,(H,19,25)(H,20,26). The highest BCUT2D eigenvalue weighted by Gasteiger charge is 2.35. The van der Waals surface area contributed by atoms with E-state index in [1.807, 2.05) is 24.3 Å². The average molecular weight is 352 g/mol. The summed E-state index contributed by atoms with van der Waals surface area (Å²) in [5, 5.41) is 12.2. The van der Waals surface area contributed by atoms with Crippen LogP contribution in [0.2, 0.25) is 0 Å². The molecule has 0 bridgehead atoms. The molecule has 2 aromatic heterocycles. The molecule has 1 aliphatic heterocycles. The Balaban J connectivity index is 1.76. The molecule has 134 valence electrons. The number of pyridine rings is 2. The molecule has 8 heteroatoms. The van der Waals surface area contributed by atoms with Crippen LogP contribution in [0.5, 0.6) is 0 Å². The first kappa shape index (κ1) is 16.6. The summed E-state index contributed by atoms with van der Waals surface area (Å²) in [6.45, 7) is 1.18. The van der Waals surface area contributed by atoms with Crippen molar-refractivity contribution in [3.05, 3.63) is 47.8 Å². The second-order valence-corrected chi connectivity index (χ2v) is 6.30. The van der Waals surface area contributed by atoms with Crippen molar-refractivity contribution in [3.63, 3.8) is 0 Å². The lowest BCUT2D eigenvalue weighted by atomic mass is 9.84. The zero-order valence-corrected chi connectivity index (χ0v) is 14.2. The van der Waals surface area contributed by atoms with Crippen LogP contribution in [0, 0.1) is 0 Å². The fourth-order valence-electron chi connectivity index (χ4n) is 3.48. The molecule has 2 unspecified atom stereocenters. The minimum atomic E-state index is -0.201. The molecule has 2 amide bonds. The maximum Gasteiger partial charge on any atom is 0.234 e. The number of carbonyl (C=O) groups excluding carboxylic acids is 2. The molecule has 3 heterocycles. The molecule has 4 N–H and O–H groups in total. The van der Waals surface area contributed by atoms with E-state index in [1.54, 1.807) is 12.4 Å². The molecule has 1 aliphatic carbocycles. The first-order valence-electron chi connectivity index (χ1n) is 8.64. The van der Waals surface area contributed by atoms with E-state index in [4.69, 9.17) is 0 Å². The number of rotatable bonds is 0. The van der Waals surface area contributed by atoms with Crippen LogP contribution in [0.4, 0.5) is 0 Å². The Labute approximate surface area is 150 Å². The molecular formula is C18H20N6O2. The molecule has 4 rings (SSSR count). The van der Waals surface area contributed by atoms with Crippen LogP contribution in [0.15, 0.2) is 36.7 Å². The van der Waals surface area contributed by atoms with Crippen molar-refractivity contribution in [2.24, 2.45) is 0 Å². The van der Waals surface area contributed by atoms with Crippen LogP contribution in [0.25, 0.3) is 11.4 Å². The van der Waals surface area contributed by atoms with Crippen molar-refractivity contribution in [1.82, 2.24) is 31.2 Å². The normalized spacial score (nSPS) is 23.2. The van der Waals surface area contributed by atoms with E-state index >= 15 is 0 Å². The summed E-state index contributed by atoms with van der Waals surface area (Å²) in [4.78, 5) is 33.2. The average Bonchev–Trinajstić information content (AvgIpc) is 2.67. The van der Waals surface area contributed by atoms with E-state index in [-0.39, 0.29) is 37.0 Å². The van der Waals surface area contributed by atoms with Gasteiger partial charge in [0.15, 0.2) is 0 Å². The van der Waals surface area contributed by atoms with Gasteiger partial charge in [0.2, 0.25) is 11.8 Å². The number of fused-ring (bicyclic) bond motifs is 6. The Morgan fingerprint density at radius 2 is 1.23 bits per heavy atom. The molecule has 2 atom stereocenters. The van der Waals surface area contributed by atoms with Gasteiger partial charge < -0.3 is 10.6 Å². The third-order valence-electron chi connectivity index (χ3n) is 4.64. The van der Waals surface area contributed by atoms with Gasteiger partial charge in [-0.1, -0.05) is 12.1 Å². The molecule has 2 aliphatic rings. The molecular weight excluding hydrogens is 332 g/mol. The second-order valence-electron chi connectivity index (χ2n) is 6.30. The predicted molar refractivity (Wildman–Crippen MR) is 95.0 cm³/mol. The molecule has 2 aromatic rings. The van der Waals surface area contributed by atoms with E-state index in [1.165, 1.54) is 0 Å². The predicted octanol–water partition coefficient (Wildman–Crippen LogP) is -0.335. The lowest BCUT2D eigenvalue weighted by Gasteiger charge is -2.35. The van der Waals surface area contributed by atoms with E-state index < -0.39 is 0 Å². The summed E-state index contributed by atoms with van der Waals surface area (Å²) in [6, 6.07) is 7.30. The number of hydrogen-bond acceptors (Lipinski definition) is 6. The van der Waals surface area contributed by atoms with E-state index in [0.29, 0.717) is 13.1 Å². The van der Waals surface area contributed by atoms with Gasteiger partial charge in [-0.25, -0.2) is 0 Å². The number of nitrogens with zero attached hydrogens (tertiary/aromatic N) is 2. The van der Waals surface area contributed by atoms with E-state index in [0.717, 1.165) is 22.5 Å². The lowest BCUT2D eigenvalue weighted by molar-refractivity contribution is -0.122. The monoisotopic (exact) mass is 352 g/mol. The van der Waals surface area contributed by atoms with Gasteiger partial charge in [0.1, 0.15) is 0 Å². The van der Waals surface area contributed by atoms with Crippen LogP contribution in [-0.4, -0.2) is 48.0 Å². The van der Waals surface area contributed by atoms with Gasteiger partial charge in [-0.2, -0.15) is 0 Å². The van der Waals surface area contributed by atoms with Crippen LogP contribution < -0.4 is 21.3 Å². The zero-order chi connectivity index (χ0) is 17.9. The summed E-state index contributed by atoms with van der Waals surface area (Å²) in [5.74, 6) is -0.220. The molecule has 1 fully saturated rings. The van der Waals surface area contributed by atoms with Gasteiger partial charge in [0, 0.05) is 25.5 Å². The van der Waals surface area contributed by atoms with Gasteiger partial charge in [-0.05, 0) is 23.3 Å². The van der Waals surface area contributed by atoms with Crippen LogP contribution in [-0.2, 0) is 9.59 Å². The summed E-state index contributed by atoms with van der Waals surface area (Å²) in [7, 11) is 0. The highest BCUT2D eigenvalue weighted by Crippen LogP contribution is 2.42. The zero-order valence-electron chi connectivity index (χ0n) is 14.2. The van der Waals surface area contributed by atoms with Crippen LogP contribution >= 0.6 is 0 Å². The number of amides is 2. The SMILES string of the molecule is O=C1CNC2c3cccnc3-c3ncccc3C2NCC(=O)NCCN1. The minimum absolute atomic E-state index is 0.110. The minimum Gasteiger partial charge on any atom is -0.353 e. The van der Waals surface area contributed by atoms with Gasteiger partial charge >= 0.3 is 0 Å². The Kier molecular flexibility index (Phi) is 4.59. The quantitative estimate of drug-likeness (QED) is 0.517. The topological polar surface area (TPSA) is 108 Å². The number of aromatic nitrogens is 2. The van der Waals surface area contributed by atoms with Crippen molar-refractivity contribution in [1.29, 1.82) is 0 Å². The summed E-state index contributed by atoms with van der Waals surface area (Å²) in [5.41, 5.74) is 3.52. The Hall–Kier alpha value is -2.84. The molecule has 0 saturated carbocycles. The van der Waals surface area contributed by atoms with Crippen LogP contribution in [0.1, 0.15) is 23.2 Å². The lowest BCUT2D eigenvalue weighted by Crippen LogP contribution is -2.47. The Morgan fingerprint density at radius 1 is 0.769 bits per heavy atom. The van der Waals surface area contributed by atoms with Crippen molar-refractivity contribution in [2.45, 2.75) is 12.1 Å². The maximum atomic E-state index is 12.1. The first-order chi connectivity index (χ1) is 12.7. The highest BCUT2D eigenvalue weighted by atomic mass is 16.2. The molecule has 0 aromatic carbocycles. The largest absolute Gasteiger partial charge is 0.353 e. The fourth-order valence-corrected chi connectivity index (χ4v) is 3.48. The third-order valence-corrected chi connectivity index (χ3v) is 4.64. The van der Waals surface area contributed by atoms with Gasteiger partial charge in [-0.15, -0.1) is 0 Å². The summed E-state index contributed by atoms with van der Waals surface area (Å²) < 4.78 is 0. The van der Waals surface area contributed by atoms with Crippen molar-refractivity contribution < 1.29 is 9.59 Å². The van der Waals surface area contributed by atoms with E-state index in [9.17, 15) is 9.59 Å². The highest BCUT2D eigenvalue weighted by molar-refractivity contribution is 5.80. The van der Waals surface area contributed by atoms with Crippen LogP contribution in [0.3, 0.4) is 0 Å². The van der Waals surface area contributed by atoms with Crippen molar-refractivity contribution >= 4 is 11.8 Å².